The Kier molecular flexibility index (Phi) is 10.3. The minimum absolute atomic E-state index is 0. The van der Waals surface area contributed by atoms with Gasteiger partial charge in [-0.3, -0.25) is 4.99 Å². The van der Waals surface area contributed by atoms with E-state index in [0.29, 0.717) is 18.2 Å². The van der Waals surface area contributed by atoms with E-state index in [0.717, 1.165) is 37.0 Å². The van der Waals surface area contributed by atoms with Crippen LogP contribution in [0.2, 0.25) is 5.02 Å². The van der Waals surface area contributed by atoms with Gasteiger partial charge in [0.05, 0.1) is 6.54 Å². The van der Waals surface area contributed by atoms with E-state index in [1.807, 2.05) is 34.7 Å². The third kappa shape index (κ3) is 6.99. The average Bonchev–Trinajstić information content (AvgIpc) is 3.06. The molecule has 144 valence electrons. The highest BCUT2D eigenvalue weighted by Gasteiger charge is 2.07. The quantitative estimate of drug-likeness (QED) is 0.349. The van der Waals surface area contributed by atoms with E-state index in [4.69, 9.17) is 16.3 Å². The minimum Gasteiger partial charge on any atom is -0.492 e. The number of rotatable bonds is 8. The summed E-state index contributed by atoms with van der Waals surface area (Å²) in [6.07, 6.45) is 2.63. The van der Waals surface area contributed by atoms with Gasteiger partial charge in [-0.15, -0.1) is 34.2 Å². The Morgan fingerprint density at radius 1 is 1.42 bits per heavy atom. The van der Waals surface area contributed by atoms with Crippen molar-refractivity contribution in [3.8, 4) is 5.75 Å². The standard InChI is InChI=1S/C17H25ClN6O.HI/c1-4-16-22-21-13-24(16)9-8-20-17(19-2)23(3)10-11-25-15-7-5-6-14(18)12-15;/h5-7,12-13H,4,8-11H2,1-3H3,(H,19,20);1H. The summed E-state index contributed by atoms with van der Waals surface area (Å²) < 4.78 is 7.76. The van der Waals surface area contributed by atoms with Crippen molar-refractivity contribution in [3.05, 3.63) is 41.4 Å². The maximum Gasteiger partial charge on any atom is 0.193 e. The van der Waals surface area contributed by atoms with Crippen LogP contribution in [0.25, 0.3) is 0 Å². The van der Waals surface area contributed by atoms with Gasteiger partial charge < -0.3 is 19.5 Å². The molecule has 0 atom stereocenters. The SMILES string of the molecule is CCc1nncn1CCNC(=NC)N(C)CCOc1cccc(Cl)c1.I. The molecule has 2 rings (SSSR count). The molecule has 0 spiro atoms. The van der Waals surface area contributed by atoms with Crippen molar-refractivity contribution < 1.29 is 4.74 Å². The van der Waals surface area contributed by atoms with E-state index < -0.39 is 0 Å². The summed E-state index contributed by atoms with van der Waals surface area (Å²) in [6.45, 7) is 4.86. The molecule has 0 fully saturated rings. The van der Waals surface area contributed by atoms with Crippen molar-refractivity contribution in [1.82, 2.24) is 25.0 Å². The van der Waals surface area contributed by atoms with Crippen molar-refractivity contribution in [2.45, 2.75) is 19.9 Å². The zero-order chi connectivity index (χ0) is 18.1. The molecule has 1 N–H and O–H groups in total. The number of nitrogens with one attached hydrogen (secondary N) is 1. The van der Waals surface area contributed by atoms with Gasteiger partial charge in [-0.1, -0.05) is 24.6 Å². The van der Waals surface area contributed by atoms with Crippen LogP contribution in [-0.4, -0.2) is 59.4 Å². The van der Waals surface area contributed by atoms with E-state index >= 15 is 0 Å². The first-order valence-electron chi connectivity index (χ1n) is 8.31. The lowest BCUT2D eigenvalue weighted by Gasteiger charge is -2.22. The van der Waals surface area contributed by atoms with E-state index in [-0.39, 0.29) is 24.0 Å². The van der Waals surface area contributed by atoms with Crippen molar-refractivity contribution in [2.75, 3.05) is 33.8 Å². The van der Waals surface area contributed by atoms with Crippen LogP contribution in [0.4, 0.5) is 0 Å². The van der Waals surface area contributed by atoms with Gasteiger partial charge in [-0.05, 0) is 18.2 Å². The van der Waals surface area contributed by atoms with Gasteiger partial charge >= 0.3 is 0 Å². The molecule has 0 bridgehead atoms. The number of aliphatic imine (C=N–C) groups is 1. The number of hydrogen-bond acceptors (Lipinski definition) is 4. The highest BCUT2D eigenvalue weighted by Crippen LogP contribution is 2.16. The Morgan fingerprint density at radius 2 is 2.23 bits per heavy atom. The Labute approximate surface area is 176 Å². The summed E-state index contributed by atoms with van der Waals surface area (Å²) in [6, 6.07) is 7.39. The predicted molar refractivity (Wildman–Crippen MR) is 116 cm³/mol. The lowest BCUT2D eigenvalue weighted by atomic mass is 10.3. The monoisotopic (exact) mass is 492 g/mol. The zero-order valence-corrected chi connectivity index (χ0v) is 18.4. The fourth-order valence-corrected chi connectivity index (χ4v) is 2.56. The normalized spacial score (nSPS) is 11.0. The van der Waals surface area contributed by atoms with E-state index in [9.17, 15) is 0 Å². The number of aromatic nitrogens is 3. The molecule has 0 aliphatic heterocycles. The van der Waals surface area contributed by atoms with Crippen LogP contribution in [0.1, 0.15) is 12.7 Å². The molecule has 1 heterocycles. The third-order valence-corrected chi connectivity index (χ3v) is 3.95. The van der Waals surface area contributed by atoms with Crippen LogP contribution in [0.5, 0.6) is 5.75 Å². The number of halogens is 2. The van der Waals surface area contributed by atoms with Crippen LogP contribution in [-0.2, 0) is 13.0 Å². The maximum atomic E-state index is 5.95. The summed E-state index contributed by atoms with van der Waals surface area (Å²) in [5, 5.41) is 12.0. The number of guanidine groups is 1. The first-order valence-corrected chi connectivity index (χ1v) is 8.68. The third-order valence-electron chi connectivity index (χ3n) is 3.71. The summed E-state index contributed by atoms with van der Waals surface area (Å²) in [7, 11) is 3.75. The van der Waals surface area contributed by atoms with E-state index in [1.165, 1.54) is 0 Å². The summed E-state index contributed by atoms with van der Waals surface area (Å²) in [5.41, 5.74) is 0. The Balaban J connectivity index is 0.00000338. The molecule has 0 saturated carbocycles. The second-order valence-electron chi connectivity index (χ2n) is 5.50. The van der Waals surface area contributed by atoms with Gasteiger partial charge in [-0.25, -0.2) is 0 Å². The number of hydrogen-bond donors (Lipinski definition) is 1. The molecular formula is C17H26ClIN6O. The number of aryl methyl sites for hydroxylation is 1. The fourth-order valence-electron chi connectivity index (χ4n) is 2.38. The highest BCUT2D eigenvalue weighted by atomic mass is 127. The number of ether oxygens (including phenoxy) is 1. The van der Waals surface area contributed by atoms with Gasteiger partial charge in [0.25, 0.3) is 0 Å². The number of benzene rings is 1. The Hall–Kier alpha value is -1.55. The first-order chi connectivity index (χ1) is 12.1. The zero-order valence-electron chi connectivity index (χ0n) is 15.4. The molecule has 0 amide bonds. The molecular weight excluding hydrogens is 467 g/mol. The molecule has 0 aliphatic rings. The second kappa shape index (κ2) is 11.9. The lowest BCUT2D eigenvalue weighted by Crippen LogP contribution is -2.42. The highest BCUT2D eigenvalue weighted by molar-refractivity contribution is 14.0. The molecule has 1 aromatic heterocycles. The Morgan fingerprint density at radius 3 is 2.92 bits per heavy atom. The molecule has 7 nitrogen and oxygen atoms in total. The van der Waals surface area contributed by atoms with Crippen molar-refractivity contribution >= 4 is 41.5 Å². The summed E-state index contributed by atoms with van der Waals surface area (Å²) >= 11 is 5.95. The van der Waals surface area contributed by atoms with Gasteiger partial charge in [0.1, 0.15) is 24.5 Å². The maximum absolute atomic E-state index is 5.95. The average molecular weight is 493 g/mol. The molecule has 0 unspecified atom stereocenters. The minimum atomic E-state index is 0. The van der Waals surface area contributed by atoms with Gasteiger partial charge in [-0.2, -0.15) is 0 Å². The first kappa shape index (κ1) is 22.5. The van der Waals surface area contributed by atoms with Gasteiger partial charge in [0.15, 0.2) is 5.96 Å². The van der Waals surface area contributed by atoms with Crippen LogP contribution < -0.4 is 10.1 Å². The van der Waals surface area contributed by atoms with E-state index in [1.54, 1.807) is 19.4 Å². The molecule has 0 radical (unpaired) electrons. The van der Waals surface area contributed by atoms with Crippen LogP contribution in [0, 0.1) is 0 Å². The number of likely N-dealkylation sites (N-methyl/N-ethyl adjacent to an activating group) is 1. The predicted octanol–water partition coefficient (Wildman–Crippen LogP) is 2.70. The molecule has 1 aromatic carbocycles. The molecule has 26 heavy (non-hydrogen) atoms. The second-order valence-corrected chi connectivity index (χ2v) is 5.93. The molecule has 0 aliphatic carbocycles. The Bertz CT molecular complexity index is 693. The summed E-state index contributed by atoms with van der Waals surface area (Å²) in [5.74, 6) is 2.57. The van der Waals surface area contributed by atoms with Crippen molar-refractivity contribution in [3.63, 3.8) is 0 Å². The largest absolute Gasteiger partial charge is 0.492 e. The van der Waals surface area contributed by atoms with Crippen LogP contribution >= 0.6 is 35.6 Å². The van der Waals surface area contributed by atoms with Gasteiger partial charge in [0, 0.05) is 38.6 Å². The topological polar surface area (TPSA) is 67.6 Å². The fraction of sp³-hybridized carbons (Fsp3) is 0.471. The smallest absolute Gasteiger partial charge is 0.193 e. The van der Waals surface area contributed by atoms with Gasteiger partial charge in [0.2, 0.25) is 0 Å². The summed E-state index contributed by atoms with van der Waals surface area (Å²) in [4.78, 5) is 6.33. The molecule has 2 aromatic rings. The van der Waals surface area contributed by atoms with Crippen molar-refractivity contribution in [2.24, 2.45) is 4.99 Å². The number of nitrogens with zero attached hydrogens (tertiary/aromatic N) is 5. The van der Waals surface area contributed by atoms with Crippen LogP contribution in [0.15, 0.2) is 35.6 Å². The lowest BCUT2D eigenvalue weighted by molar-refractivity contribution is 0.281. The van der Waals surface area contributed by atoms with Crippen molar-refractivity contribution in [1.29, 1.82) is 0 Å². The van der Waals surface area contributed by atoms with E-state index in [2.05, 4.69) is 27.4 Å². The van der Waals surface area contributed by atoms with Crippen LogP contribution in [0.3, 0.4) is 0 Å². The molecule has 0 saturated heterocycles. The molecule has 9 heteroatoms.